The van der Waals surface area contributed by atoms with Gasteiger partial charge in [-0.05, 0) is 25.0 Å². The summed E-state index contributed by atoms with van der Waals surface area (Å²) in [5.74, 6) is 0.0103. The fourth-order valence-electron chi connectivity index (χ4n) is 1.36. The number of ketones is 2. The first kappa shape index (κ1) is 11.4. The maximum absolute atomic E-state index is 11.2. The topological polar surface area (TPSA) is 54.4 Å². The molecule has 0 aliphatic heterocycles. The van der Waals surface area contributed by atoms with Gasteiger partial charge in [-0.15, -0.1) is 0 Å². The van der Waals surface area contributed by atoms with E-state index in [9.17, 15) is 14.7 Å². The number of carbonyl (C=O) groups is 2. The quantitative estimate of drug-likeness (QED) is 0.748. The molecule has 0 bridgehead atoms. The predicted molar refractivity (Wildman–Crippen MR) is 56.7 cm³/mol. The number of para-hydroxylation sites is 1. The van der Waals surface area contributed by atoms with Crippen LogP contribution in [-0.2, 0) is 16.0 Å². The molecule has 15 heavy (non-hydrogen) atoms. The van der Waals surface area contributed by atoms with Crippen LogP contribution >= 0.6 is 0 Å². The van der Waals surface area contributed by atoms with Gasteiger partial charge in [0.1, 0.15) is 17.3 Å². The molecule has 1 aromatic carbocycles. The van der Waals surface area contributed by atoms with Crippen LogP contribution in [0.4, 0.5) is 0 Å². The number of hydrogen-bond donors (Lipinski definition) is 1. The Morgan fingerprint density at radius 2 is 1.93 bits per heavy atom. The van der Waals surface area contributed by atoms with E-state index in [4.69, 9.17) is 0 Å². The average molecular weight is 206 g/mol. The van der Waals surface area contributed by atoms with Crippen LogP contribution < -0.4 is 0 Å². The van der Waals surface area contributed by atoms with Crippen molar-refractivity contribution >= 4 is 11.6 Å². The summed E-state index contributed by atoms with van der Waals surface area (Å²) in [5, 5.41) is 9.43. The molecule has 1 N–H and O–H groups in total. The van der Waals surface area contributed by atoms with E-state index >= 15 is 0 Å². The van der Waals surface area contributed by atoms with E-state index in [0.29, 0.717) is 12.8 Å². The van der Waals surface area contributed by atoms with Gasteiger partial charge < -0.3 is 5.11 Å². The zero-order valence-corrected chi connectivity index (χ0v) is 8.69. The van der Waals surface area contributed by atoms with Gasteiger partial charge in [0, 0.05) is 6.42 Å². The number of Topliss-reactive ketones (excluding diaryl/α,β-unsaturated/α-hetero) is 2. The van der Waals surface area contributed by atoms with Crippen molar-refractivity contribution in [3.05, 3.63) is 29.8 Å². The van der Waals surface area contributed by atoms with Crippen LogP contribution in [0.5, 0.6) is 5.75 Å². The van der Waals surface area contributed by atoms with Gasteiger partial charge in [0.05, 0.1) is 6.42 Å². The Balaban J connectivity index is 2.47. The second kappa shape index (κ2) is 5.29. The zero-order valence-electron chi connectivity index (χ0n) is 8.69. The monoisotopic (exact) mass is 206 g/mol. The molecule has 0 saturated heterocycles. The van der Waals surface area contributed by atoms with Crippen molar-refractivity contribution in [2.75, 3.05) is 0 Å². The SMILES string of the molecule is CC(=O)CC(=O)CCc1ccccc1O. The Kier molecular flexibility index (Phi) is 4.03. The molecule has 0 aromatic heterocycles. The molecule has 0 unspecified atom stereocenters. The number of phenols is 1. The van der Waals surface area contributed by atoms with Crippen molar-refractivity contribution in [1.29, 1.82) is 0 Å². The molecule has 0 radical (unpaired) electrons. The third-order valence-electron chi connectivity index (χ3n) is 2.11. The summed E-state index contributed by atoms with van der Waals surface area (Å²) in [5.41, 5.74) is 0.745. The normalized spacial score (nSPS) is 9.93. The first-order valence-electron chi connectivity index (χ1n) is 4.87. The van der Waals surface area contributed by atoms with Crippen LogP contribution in [0.3, 0.4) is 0 Å². The molecule has 80 valence electrons. The van der Waals surface area contributed by atoms with Crippen molar-refractivity contribution in [1.82, 2.24) is 0 Å². The molecule has 3 nitrogen and oxygen atoms in total. The Hall–Kier alpha value is -1.64. The standard InChI is InChI=1S/C12H14O3/c1-9(13)8-11(14)7-6-10-4-2-3-5-12(10)15/h2-5,15H,6-8H2,1H3. The summed E-state index contributed by atoms with van der Waals surface area (Å²) < 4.78 is 0. The summed E-state index contributed by atoms with van der Waals surface area (Å²) in [6, 6.07) is 6.90. The van der Waals surface area contributed by atoms with E-state index in [1.807, 2.05) is 6.07 Å². The first-order chi connectivity index (χ1) is 7.09. The molecule has 0 saturated carbocycles. The molecule has 0 aliphatic rings. The second-order valence-corrected chi connectivity index (χ2v) is 3.55. The zero-order chi connectivity index (χ0) is 11.3. The van der Waals surface area contributed by atoms with Gasteiger partial charge in [-0.1, -0.05) is 18.2 Å². The van der Waals surface area contributed by atoms with E-state index in [-0.39, 0.29) is 23.7 Å². The minimum atomic E-state index is -0.114. The van der Waals surface area contributed by atoms with Crippen LogP contribution in [0.1, 0.15) is 25.3 Å². The smallest absolute Gasteiger partial charge is 0.140 e. The van der Waals surface area contributed by atoms with Crippen LogP contribution in [0.2, 0.25) is 0 Å². The van der Waals surface area contributed by atoms with Crippen LogP contribution in [-0.4, -0.2) is 16.7 Å². The lowest BCUT2D eigenvalue weighted by atomic mass is 10.0. The Bertz CT molecular complexity index is 369. The van der Waals surface area contributed by atoms with E-state index in [2.05, 4.69) is 0 Å². The molecule has 0 amide bonds. The van der Waals surface area contributed by atoms with E-state index in [0.717, 1.165) is 5.56 Å². The Morgan fingerprint density at radius 1 is 1.27 bits per heavy atom. The highest BCUT2D eigenvalue weighted by molar-refractivity contribution is 5.97. The molecule has 1 rings (SSSR count). The molecule has 0 aliphatic carbocycles. The van der Waals surface area contributed by atoms with Crippen LogP contribution in [0.25, 0.3) is 0 Å². The number of aryl methyl sites for hydroxylation is 1. The number of carbonyl (C=O) groups excluding carboxylic acids is 2. The van der Waals surface area contributed by atoms with Crippen LogP contribution in [0, 0.1) is 0 Å². The maximum Gasteiger partial charge on any atom is 0.140 e. The summed E-state index contributed by atoms with van der Waals surface area (Å²) in [6.07, 6.45) is 0.781. The molecule has 0 spiro atoms. The fourth-order valence-corrected chi connectivity index (χ4v) is 1.36. The average Bonchev–Trinajstić information content (AvgIpc) is 2.15. The highest BCUT2D eigenvalue weighted by atomic mass is 16.3. The number of rotatable bonds is 5. The van der Waals surface area contributed by atoms with Gasteiger partial charge in [-0.25, -0.2) is 0 Å². The van der Waals surface area contributed by atoms with E-state index < -0.39 is 0 Å². The van der Waals surface area contributed by atoms with Crippen molar-refractivity contribution in [3.8, 4) is 5.75 Å². The van der Waals surface area contributed by atoms with Crippen molar-refractivity contribution < 1.29 is 14.7 Å². The van der Waals surface area contributed by atoms with Crippen molar-refractivity contribution in [2.45, 2.75) is 26.2 Å². The van der Waals surface area contributed by atoms with Crippen LogP contribution in [0.15, 0.2) is 24.3 Å². The van der Waals surface area contributed by atoms with E-state index in [1.54, 1.807) is 18.2 Å². The van der Waals surface area contributed by atoms with Gasteiger partial charge in [0.25, 0.3) is 0 Å². The predicted octanol–water partition coefficient (Wildman–Crippen LogP) is 1.87. The Morgan fingerprint density at radius 3 is 2.53 bits per heavy atom. The number of hydrogen-bond acceptors (Lipinski definition) is 3. The Labute approximate surface area is 88.7 Å². The minimum absolute atomic E-state index is 0.00635. The number of aromatic hydroxyl groups is 1. The van der Waals surface area contributed by atoms with Gasteiger partial charge in [-0.2, -0.15) is 0 Å². The van der Waals surface area contributed by atoms with Gasteiger partial charge in [0.2, 0.25) is 0 Å². The molecular weight excluding hydrogens is 192 g/mol. The first-order valence-corrected chi connectivity index (χ1v) is 4.87. The largest absolute Gasteiger partial charge is 0.508 e. The molecule has 3 heteroatoms. The lowest BCUT2D eigenvalue weighted by molar-refractivity contribution is -0.125. The van der Waals surface area contributed by atoms with Crippen molar-refractivity contribution in [3.63, 3.8) is 0 Å². The third kappa shape index (κ3) is 3.94. The molecule has 1 aromatic rings. The maximum atomic E-state index is 11.2. The molecular formula is C12H14O3. The number of benzene rings is 1. The number of phenolic OH excluding ortho intramolecular Hbond substituents is 1. The summed E-state index contributed by atoms with van der Waals surface area (Å²) >= 11 is 0. The summed E-state index contributed by atoms with van der Waals surface area (Å²) in [6.45, 7) is 1.40. The molecule has 0 fully saturated rings. The molecule has 0 heterocycles. The third-order valence-corrected chi connectivity index (χ3v) is 2.11. The lowest BCUT2D eigenvalue weighted by Gasteiger charge is -2.02. The summed E-state index contributed by atoms with van der Waals surface area (Å²) in [7, 11) is 0. The van der Waals surface area contributed by atoms with Crippen molar-refractivity contribution in [2.24, 2.45) is 0 Å². The minimum Gasteiger partial charge on any atom is -0.508 e. The molecule has 0 atom stereocenters. The highest BCUT2D eigenvalue weighted by Crippen LogP contribution is 2.17. The fraction of sp³-hybridized carbons (Fsp3) is 0.333. The lowest BCUT2D eigenvalue weighted by Crippen LogP contribution is -2.05. The highest BCUT2D eigenvalue weighted by Gasteiger charge is 2.07. The van der Waals surface area contributed by atoms with Gasteiger partial charge in [-0.3, -0.25) is 9.59 Å². The van der Waals surface area contributed by atoms with Gasteiger partial charge >= 0.3 is 0 Å². The second-order valence-electron chi connectivity index (χ2n) is 3.55. The van der Waals surface area contributed by atoms with E-state index in [1.165, 1.54) is 6.92 Å². The van der Waals surface area contributed by atoms with Gasteiger partial charge in [0.15, 0.2) is 0 Å². The summed E-state index contributed by atoms with van der Waals surface area (Å²) in [4.78, 5) is 21.9.